The molecule has 0 atom stereocenters. The van der Waals surface area contributed by atoms with Crippen molar-refractivity contribution in [3.8, 4) is 0 Å². The van der Waals surface area contributed by atoms with Crippen LogP contribution in [0.1, 0.15) is 20.3 Å². The third-order valence-corrected chi connectivity index (χ3v) is 2.16. The van der Waals surface area contributed by atoms with Gasteiger partial charge in [0, 0.05) is 26.1 Å². The van der Waals surface area contributed by atoms with Crippen molar-refractivity contribution in [2.75, 3.05) is 19.6 Å². The van der Waals surface area contributed by atoms with E-state index in [9.17, 15) is 4.79 Å². The molecule has 0 spiro atoms. The SMILES string of the molecule is CCC(=O)N(CC)C1CNC1. The van der Waals surface area contributed by atoms with Crippen LogP contribution in [-0.4, -0.2) is 36.5 Å². The predicted molar refractivity (Wildman–Crippen MR) is 44.3 cm³/mol. The molecule has 1 saturated heterocycles. The molecule has 0 saturated carbocycles. The standard InChI is InChI=1S/C8H16N2O/c1-3-8(11)10(4-2)7-5-9-6-7/h7,9H,3-6H2,1-2H3. The summed E-state index contributed by atoms with van der Waals surface area (Å²) in [4.78, 5) is 13.2. The van der Waals surface area contributed by atoms with Crippen LogP contribution in [0.25, 0.3) is 0 Å². The minimum absolute atomic E-state index is 0.277. The number of hydrogen-bond acceptors (Lipinski definition) is 2. The number of amides is 1. The summed E-state index contributed by atoms with van der Waals surface area (Å²) < 4.78 is 0. The fourth-order valence-electron chi connectivity index (χ4n) is 1.34. The van der Waals surface area contributed by atoms with Crippen molar-refractivity contribution < 1.29 is 4.79 Å². The van der Waals surface area contributed by atoms with Gasteiger partial charge in [-0.05, 0) is 6.92 Å². The van der Waals surface area contributed by atoms with Gasteiger partial charge in [0.15, 0.2) is 0 Å². The molecule has 1 aliphatic heterocycles. The van der Waals surface area contributed by atoms with E-state index in [-0.39, 0.29) is 5.91 Å². The summed E-state index contributed by atoms with van der Waals surface area (Å²) in [7, 11) is 0. The van der Waals surface area contributed by atoms with Crippen LogP contribution in [0.4, 0.5) is 0 Å². The van der Waals surface area contributed by atoms with Gasteiger partial charge in [-0.25, -0.2) is 0 Å². The lowest BCUT2D eigenvalue weighted by atomic mass is 10.1. The number of nitrogens with zero attached hydrogens (tertiary/aromatic N) is 1. The van der Waals surface area contributed by atoms with Crippen molar-refractivity contribution in [2.24, 2.45) is 0 Å². The molecule has 0 bridgehead atoms. The molecule has 0 unspecified atom stereocenters. The highest BCUT2D eigenvalue weighted by molar-refractivity contribution is 5.76. The first-order valence-corrected chi connectivity index (χ1v) is 4.29. The van der Waals surface area contributed by atoms with Crippen LogP contribution in [-0.2, 0) is 4.79 Å². The van der Waals surface area contributed by atoms with Crippen LogP contribution >= 0.6 is 0 Å². The smallest absolute Gasteiger partial charge is 0.222 e. The minimum Gasteiger partial charge on any atom is -0.337 e. The number of carbonyl (C=O) groups is 1. The van der Waals surface area contributed by atoms with E-state index in [1.807, 2.05) is 18.7 Å². The van der Waals surface area contributed by atoms with E-state index in [1.54, 1.807) is 0 Å². The average Bonchev–Trinajstić information content (AvgIpc) is 1.94. The number of nitrogens with one attached hydrogen (secondary N) is 1. The summed E-state index contributed by atoms with van der Waals surface area (Å²) in [5.41, 5.74) is 0. The molecule has 0 radical (unpaired) electrons. The van der Waals surface area contributed by atoms with Crippen molar-refractivity contribution in [1.82, 2.24) is 10.2 Å². The quantitative estimate of drug-likeness (QED) is 0.634. The Hall–Kier alpha value is -0.570. The fraction of sp³-hybridized carbons (Fsp3) is 0.875. The van der Waals surface area contributed by atoms with Crippen molar-refractivity contribution >= 4 is 5.91 Å². The minimum atomic E-state index is 0.277. The highest BCUT2D eigenvalue weighted by Gasteiger charge is 2.25. The van der Waals surface area contributed by atoms with Gasteiger partial charge in [0.2, 0.25) is 5.91 Å². The second kappa shape index (κ2) is 3.72. The first kappa shape index (κ1) is 8.53. The maximum Gasteiger partial charge on any atom is 0.222 e. The van der Waals surface area contributed by atoms with Crippen LogP contribution in [0.5, 0.6) is 0 Å². The van der Waals surface area contributed by atoms with E-state index in [1.165, 1.54) is 0 Å². The molecule has 3 heteroatoms. The van der Waals surface area contributed by atoms with Gasteiger partial charge in [-0.3, -0.25) is 4.79 Å². The molecule has 1 heterocycles. The molecule has 11 heavy (non-hydrogen) atoms. The van der Waals surface area contributed by atoms with E-state index in [2.05, 4.69) is 5.32 Å². The first-order valence-electron chi connectivity index (χ1n) is 4.29. The second-order valence-corrected chi connectivity index (χ2v) is 2.85. The second-order valence-electron chi connectivity index (χ2n) is 2.85. The summed E-state index contributed by atoms with van der Waals surface area (Å²) in [5, 5.41) is 3.16. The van der Waals surface area contributed by atoms with Crippen LogP contribution < -0.4 is 5.32 Å². The molecular weight excluding hydrogens is 140 g/mol. The molecule has 1 fully saturated rings. The fourth-order valence-corrected chi connectivity index (χ4v) is 1.34. The molecule has 1 N–H and O–H groups in total. The lowest BCUT2D eigenvalue weighted by Gasteiger charge is -2.37. The topological polar surface area (TPSA) is 32.3 Å². The zero-order chi connectivity index (χ0) is 8.27. The van der Waals surface area contributed by atoms with Gasteiger partial charge in [-0.15, -0.1) is 0 Å². The van der Waals surface area contributed by atoms with Crippen LogP contribution in [0.2, 0.25) is 0 Å². The van der Waals surface area contributed by atoms with E-state index < -0.39 is 0 Å². The Bertz CT molecular complexity index is 143. The van der Waals surface area contributed by atoms with E-state index in [0.29, 0.717) is 12.5 Å². The molecule has 1 amide bonds. The van der Waals surface area contributed by atoms with Crippen molar-refractivity contribution in [3.05, 3.63) is 0 Å². The number of carbonyl (C=O) groups excluding carboxylic acids is 1. The van der Waals surface area contributed by atoms with Gasteiger partial charge in [0.25, 0.3) is 0 Å². The molecule has 0 aromatic heterocycles. The molecule has 1 aliphatic rings. The zero-order valence-corrected chi connectivity index (χ0v) is 7.26. The molecule has 3 nitrogen and oxygen atoms in total. The van der Waals surface area contributed by atoms with Crippen molar-refractivity contribution in [3.63, 3.8) is 0 Å². The van der Waals surface area contributed by atoms with Crippen molar-refractivity contribution in [1.29, 1.82) is 0 Å². The number of likely N-dealkylation sites (N-methyl/N-ethyl adjacent to an activating group) is 1. The highest BCUT2D eigenvalue weighted by Crippen LogP contribution is 2.05. The third-order valence-electron chi connectivity index (χ3n) is 2.16. The summed E-state index contributed by atoms with van der Waals surface area (Å²) in [6.45, 7) is 6.74. The Labute approximate surface area is 67.8 Å². The van der Waals surface area contributed by atoms with Gasteiger partial charge >= 0.3 is 0 Å². The summed E-state index contributed by atoms with van der Waals surface area (Å²) in [5.74, 6) is 0.277. The predicted octanol–water partition coefficient (Wildman–Crippen LogP) is 0.217. The maximum atomic E-state index is 11.3. The van der Waals surface area contributed by atoms with Gasteiger partial charge in [0.1, 0.15) is 0 Å². The Morgan fingerprint density at radius 1 is 1.55 bits per heavy atom. The molecule has 1 rings (SSSR count). The monoisotopic (exact) mass is 156 g/mol. The van der Waals surface area contributed by atoms with Gasteiger partial charge in [-0.1, -0.05) is 6.92 Å². The molecule has 0 aromatic rings. The Morgan fingerprint density at radius 2 is 2.18 bits per heavy atom. The summed E-state index contributed by atoms with van der Waals surface area (Å²) >= 11 is 0. The van der Waals surface area contributed by atoms with Crippen LogP contribution in [0.15, 0.2) is 0 Å². The molecule has 0 aromatic carbocycles. The molecule has 0 aliphatic carbocycles. The third kappa shape index (κ3) is 1.71. The summed E-state index contributed by atoms with van der Waals surface area (Å²) in [6.07, 6.45) is 0.629. The Morgan fingerprint density at radius 3 is 2.45 bits per heavy atom. The number of hydrogen-bond donors (Lipinski definition) is 1. The van der Waals surface area contributed by atoms with Crippen LogP contribution in [0.3, 0.4) is 0 Å². The Balaban J connectivity index is 2.40. The normalized spacial score (nSPS) is 17.6. The zero-order valence-electron chi connectivity index (χ0n) is 7.26. The lowest BCUT2D eigenvalue weighted by molar-refractivity contribution is -0.133. The first-order chi connectivity index (χ1) is 5.29. The van der Waals surface area contributed by atoms with Gasteiger partial charge < -0.3 is 10.2 Å². The maximum absolute atomic E-state index is 11.3. The molecule has 64 valence electrons. The summed E-state index contributed by atoms with van der Waals surface area (Å²) in [6, 6.07) is 0.465. The van der Waals surface area contributed by atoms with Gasteiger partial charge in [0.05, 0.1) is 6.04 Å². The number of rotatable bonds is 3. The van der Waals surface area contributed by atoms with Gasteiger partial charge in [-0.2, -0.15) is 0 Å². The van der Waals surface area contributed by atoms with E-state index in [0.717, 1.165) is 19.6 Å². The lowest BCUT2D eigenvalue weighted by Crippen LogP contribution is -2.58. The average molecular weight is 156 g/mol. The largest absolute Gasteiger partial charge is 0.337 e. The molecular formula is C8H16N2O. The van der Waals surface area contributed by atoms with Crippen molar-refractivity contribution in [2.45, 2.75) is 26.3 Å². The van der Waals surface area contributed by atoms with Crippen LogP contribution in [0, 0.1) is 0 Å². The highest BCUT2D eigenvalue weighted by atomic mass is 16.2. The van der Waals surface area contributed by atoms with E-state index >= 15 is 0 Å². The Kier molecular flexibility index (Phi) is 2.88. The van der Waals surface area contributed by atoms with E-state index in [4.69, 9.17) is 0 Å².